The van der Waals surface area contributed by atoms with Gasteiger partial charge in [-0.15, -0.1) is 11.3 Å². The van der Waals surface area contributed by atoms with Gasteiger partial charge in [0.15, 0.2) is 0 Å². The number of hydrogen-bond acceptors (Lipinski definition) is 2. The molecule has 0 aliphatic rings. The topological polar surface area (TPSA) is 8.17 Å². The van der Waals surface area contributed by atoms with Crippen LogP contribution in [0.1, 0.15) is 0 Å². The third-order valence-electron chi connectivity index (χ3n) is 12.3. The molecule has 0 amide bonds. The molecular weight excluding hydrogens is 781 g/mol. The molecule has 0 saturated heterocycles. The van der Waals surface area contributed by atoms with Gasteiger partial charge in [-0.3, -0.25) is 0 Å². The van der Waals surface area contributed by atoms with Crippen molar-refractivity contribution in [3.8, 4) is 50.2 Å². The molecule has 2 heterocycles. The van der Waals surface area contributed by atoms with Gasteiger partial charge in [-0.25, -0.2) is 0 Å². The Hall–Kier alpha value is -7.98. The fourth-order valence-electron chi connectivity index (χ4n) is 9.48. The molecule has 0 saturated carbocycles. The molecular formula is C60H40N2S. The third kappa shape index (κ3) is 6.41. The monoisotopic (exact) mass is 820 g/mol. The Morgan fingerprint density at radius 3 is 1.43 bits per heavy atom. The first-order valence-corrected chi connectivity index (χ1v) is 22.3. The lowest BCUT2D eigenvalue weighted by atomic mass is 9.95. The van der Waals surface area contributed by atoms with Crippen LogP contribution in [0.25, 0.3) is 92.2 Å². The molecule has 2 nitrogen and oxygen atoms in total. The van der Waals surface area contributed by atoms with Gasteiger partial charge >= 0.3 is 0 Å². The summed E-state index contributed by atoms with van der Waals surface area (Å²) in [4.78, 5) is 2.49. The molecule has 10 aromatic carbocycles. The van der Waals surface area contributed by atoms with E-state index in [1.165, 1.54) is 69.8 Å². The minimum atomic E-state index is 1.10. The molecule has 0 bridgehead atoms. The van der Waals surface area contributed by atoms with Gasteiger partial charge < -0.3 is 9.47 Å². The van der Waals surface area contributed by atoms with Gasteiger partial charge in [-0.1, -0.05) is 182 Å². The largest absolute Gasteiger partial charge is 0.307 e. The fraction of sp³-hybridized carbons (Fsp3) is 0. The summed E-state index contributed by atoms with van der Waals surface area (Å²) in [6.45, 7) is 0. The predicted molar refractivity (Wildman–Crippen MR) is 270 cm³/mol. The molecule has 296 valence electrons. The van der Waals surface area contributed by atoms with Crippen LogP contribution in [0.5, 0.6) is 0 Å². The van der Waals surface area contributed by atoms with Crippen molar-refractivity contribution in [1.29, 1.82) is 0 Å². The highest BCUT2D eigenvalue weighted by molar-refractivity contribution is 7.26. The number of thiophene rings is 1. The van der Waals surface area contributed by atoms with Crippen molar-refractivity contribution in [3.63, 3.8) is 0 Å². The van der Waals surface area contributed by atoms with Crippen molar-refractivity contribution in [3.05, 3.63) is 243 Å². The standard InChI is InChI=1S/C60H40N2S/c1-6-20-41(21-7-1)45-36-46(42-22-8-2-9-23-42)38-49(37-45)62-58-53(44-26-12-4-13-27-44)39-47(43-24-10-3-11-25-43)40-54(58)51-31-18-33-55(59(51)62)61(48-28-14-5-15-29-48)56-34-19-32-52-50-30-16-17-35-57(50)63-60(52)56/h1-40H. The summed E-state index contributed by atoms with van der Waals surface area (Å²) in [5.41, 5.74) is 16.2. The smallest absolute Gasteiger partial charge is 0.0782 e. The third-order valence-corrected chi connectivity index (χ3v) is 13.5. The van der Waals surface area contributed by atoms with Gasteiger partial charge in [0.2, 0.25) is 0 Å². The van der Waals surface area contributed by atoms with Gasteiger partial charge in [-0.05, 0) is 99.6 Å². The van der Waals surface area contributed by atoms with Crippen molar-refractivity contribution in [1.82, 2.24) is 4.57 Å². The van der Waals surface area contributed by atoms with E-state index in [2.05, 4.69) is 252 Å². The number of hydrogen-bond donors (Lipinski definition) is 0. The minimum Gasteiger partial charge on any atom is -0.307 e. The minimum absolute atomic E-state index is 1.10. The van der Waals surface area contributed by atoms with Crippen LogP contribution >= 0.6 is 11.3 Å². The lowest BCUT2D eigenvalue weighted by molar-refractivity contribution is 1.17. The van der Waals surface area contributed by atoms with Gasteiger partial charge in [0.25, 0.3) is 0 Å². The maximum atomic E-state index is 2.57. The van der Waals surface area contributed by atoms with Crippen molar-refractivity contribution >= 4 is 70.4 Å². The SMILES string of the molecule is c1ccc(-c2cc(-c3ccccc3)cc(-n3c4c(-c5ccccc5)cc(-c5ccccc5)cc4c4cccc(N(c5ccccc5)c5cccc6c5sc5ccccc56)c43)c2)cc1. The molecule has 3 heteroatoms. The van der Waals surface area contributed by atoms with Gasteiger partial charge in [0.1, 0.15) is 0 Å². The van der Waals surface area contributed by atoms with Crippen LogP contribution in [-0.4, -0.2) is 4.57 Å². The van der Waals surface area contributed by atoms with E-state index >= 15 is 0 Å². The zero-order chi connectivity index (χ0) is 41.7. The van der Waals surface area contributed by atoms with E-state index in [0.29, 0.717) is 0 Å². The highest BCUT2D eigenvalue weighted by atomic mass is 32.1. The van der Waals surface area contributed by atoms with Crippen molar-refractivity contribution in [2.24, 2.45) is 0 Å². The first-order chi connectivity index (χ1) is 31.3. The van der Waals surface area contributed by atoms with Crippen LogP contribution < -0.4 is 4.90 Å². The van der Waals surface area contributed by atoms with Crippen LogP contribution in [0.2, 0.25) is 0 Å². The van der Waals surface area contributed by atoms with E-state index in [1.807, 2.05) is 11.3 Å². The second-order valence-corrected chi connectivity index (χ2v) is 17.1. The van der Waals surface area contributed by atoms with Crippen LogP contribution in [-0.2, 0) is 0 Å². The Morgan fingerprint density at radius 1 is 0.317 bits per heavy atom. The second-order valence-electron chi connectivity index (χ2n) is 16.1. The van der Waals surface area contributed by atoms with Crippen molar-refractivity contribution < 1.29 is 0 Å². The molecule has 0 aliphatic carbocycles. The number of rotatable bonds is 8. The number of para-hydroxylation sites is 2. The normalized spacial score (nSPS) is 11.5. The number of aromatic nitrogens is 1. The Labute approximate surface area is 370 Å². The van der Waals surface area contributed by atoms with Crippen molar-refractivity contribution in [2.75, 3.05) is 4.90 Å². The summed E-state index contributed by atoms with van der Waals surface area (Å²) >= 11 is 1.87. The first-order valence-electron chi connectivity index (χ1n) is 21.5. The molecule has 0 N–H and O–H groups in total. The Morgan fingerprint density at radius 2 is 0.810 bits per heavy atom. The maximum Gasteiger partial charge on any atom is 0.0782 e. The van der Waals surface area contributed by atoms with Crippen LogP contribution in [0, 0.1) is 0 Å². The molecule has 12 aromatic rings. The molecule has 63 heavy (non-hydrogen) atoms. The molecule has 0 aliphatic heterocycles. The number of fused-ring (bicyclic) bond motifs is 6. The summed E-state index contributed by atoms with van der Waals surface area (Å²) in [6.07, 6.45) is 0. The van der Waals surface area contributed by atoms with E-state index in [9.17, 15) is 0 Å². The number of nitrogens with zero attached hydrogens (tertiary/aromatic N) is 2. The summed E-state index contributed by atoms with van der Waals surface area (Å²) < 4.78 is 5.11. The van der Waals surface area contributed by atoms with Gasteiger partial charge in [0.05, 0.1) is 27.1 Å². The van der Waals surface area contributed by atoms with Crippen LogP contribution in [0.15, 0.2) is 243 Å². The van der Waals surface area contributed by atoms with Crippen LogP contribution in [0.3, 0.4) is 0 Å². The summed E-state index contributed by atoms with van der Waals surface area (Å²) in [7, 11) is 0. The highest BCUT2D eigenvalue weighted by Gasteiger charge is 2.26. The average Bonchev–Trinajstić information content (AvgIpc) is 3.92. The zero-order valence-corrected chi connectivity index (χ0v) is 35.2. The Bertz CT molecular complexity index is 3540. The highest BCUT2D eigenvalue weighted by Crippen LogP contribution is 2.50. The number of anilines is 3. The van der Waals surface area contributed by atoms with E-state index in [1.54, 1.807) is 0 Å². The van der Waals surface area contributed by atoms with E-state index in [4.69, 9.17) is 0 Å². The Balaban J connectivity index is 1.26. The number of benzene rings is 10. The van der Waals surface area contributed by atoms with Gasteiger partial charge in [0, 0.05) is 43.2 Å². The summed E-state index contributed by atoms with van der Waals surface area (Å²) in [6, 6.07) is 88.6. The molecule has 12 rings (SSSR count). The summed E-state index contributed by atoms with van der Waals surface area (Å²) in [5.74, 6) is 0. The van der Waals surface area contributed by atoms with Gasteiger partial charge in [-0.2, -0.15) is 0 Å². The lowest BCUT2D eigenvalue weighted by Crippen LogP contribution is -2.12. The zero-order valence-electron chi connectivity index (χ0n) is 34.4. The Kier molecular flexibility index (Phi) is 9.06. The molecule has 0 atom stereocenters. The predicted octanol–water partition coefficient (Wildman–Crippen LogP) is 17.3. The molecule has 2 aromatic heterocycles. The average molecular weight is 821 g/mol. The van der Waals surface area contributed by atoms with Crippen LogP contribution in [0.4, 0.5) is 17.1 Å². The molecule has 0 spiro atoms. The molecule has 0 fully saturated rings. The quantitative estimate of drug-likeness (QED) is 0.148. The summed E-state index contributed by atoms with van der Waals surface area (Å²) in [5, 5.41) is 4.94. The molecule has 0 radical (unpaired) electrons. The van der Waals surface area contributed by atoms with Crippen molar-refractivity contribution in [2.45, 2.75) is 0 Å². The second kappa shape index (κ2) is 15.5. The lowest BCUT2D eigenvalue weighted by Gasteiger charge is -2.28. The van der Waals surface area contributed by atoms with E-state index in [-0.39, 0.29) is 0 Å². The molecule has 0 unspecified atom stereocenters. The fourth-order valence-corrected chi connectivity index (χ4v) is 10.7. The van der Waals surface area contributed by atoms with E-state index in [0.717, 1.165) is 39.4 Å². The first kappa shape index (κ1) is 36.8. The maximum absolute atomic E-state index is 2.57. The van der Waals surface area contributed by atoms with E-state index < -0.39 is 0 Å².